The topological polar surface area (TPSA) is 50.8 Å². The van der Waals surface area contributed by atoms with Gasteiger partial charge < -0.3 is 19.7 Å². The minimum Gasteiger partial charge on any atom is -0.454 e. The fourth-order valence-corrected chi connectivity index (χ4v) is 5.01. The van der Waals surface area contributed by atoms with Crippen LogP contribution in [0.5, 0.6) is 11.5 Å². The molecular weight excluding hydrogens is 376 g/mol. The van der Waals surface area contributed by atoms with Gasteiger partial charge in [0, 0.05) is 17.5 Å². The minimum absolute atomic E-state index is 0.169. The van der Waals surface area contributed by atoms with E-state index in [1.54, 1.807) is 0 Å². The van der Waals surface area contributed by atoms with Crippen LogP contribution in [0, 0.1) is 5.92 Å². The normalized spacial score (nSPS) is 20.4. The van der Waals surface area contributed by atoms with Gasteiger partial charge in [-0.3, -0.25) is 4.79 Å². The van der Waals surface area contributed by atoms with E-state index in [0.717, 1.165) is 62.5 Å². The Labute approximate surface area is 178 Å². The Morgan fingerprint density at radius 1 is 0.900 bits per heavy atom. The lowest BCUT2D eigenvalue weighted by atomic mass is 9.87. The Hall–Kier alpha value is -2.37. The molecule has 0 aliphatic carbocycles. The highest BCUT2D eigenvalue weighted by Gasteiger charge is 2.29. The molecule has 5 heteroatoms. The molecule has 2 aromatic carbocycles. The molecule has 0 atom stereocenters. The van der Waals surface area contributed by atoms with Gasteiger partial charge in [-0.25, -0.2) is 0 Å². The molecule has 2 aromatic rings. The monoisotopic (exact) mass is 406 g/mol. The molecule has 2 saturated heterocycles. The zero-order chi connectivity index (χ0) is 20.3. The van der Waals surface area contributed by atoms with Gasteiger partial charge in [0.15, 0.2) is 17.3 Å². The summed E-state index contributed by atoms with van der Waals surface area (Å²) in [7, 11) is 0. The Balaban J connectivity index is 1.17. The van der Waals surface area contributed by atoms with E-state index in [9.17, 15) is 4.79 Å². The molecule has 158 valence electrons. The Morgan fingerprint density at radius 3 is 2.37 bits per heavy atom. The van der Waals surface area contributed by atoms with E-state index in [2.05, 4.69) is 28.4 Å². The third-order valence-electron chi connectivity index (χ3n) is 6.81. The number of ketones is 1. The molecule has 0 saturated carbocycles. The van der Waals surface area contributed by atoms with Gasteiger partial charge in [-0.1, -0.05) is 30.3 Å². The fourth-order valence-electron chi connectivity index (χ4n) is 5.01. The average Bonchev–Trinajstić information content (AvgIpc) is 3.28. The van der Waals surface area contributed by atoms with Crippen LogP contribution in [0.4, 0.5) is 0 Å². The molecule has 0 radical (unpaired) electrons. The summed E-state index contributed by atoms with van der Waals surface area (Å²) in [5.41, 5.74) is 3.24. The van der Waals surface area contributed by atoms with Crippen LogP contribution in [0.2, 0.25) is 0 Å². The van der Waals surface area contributed by atoms with Crippen LogP contribution in [-0.2, 0) is 6.42 Å². The molecule has 5 nitrogen and oxygen atoms in total. The first-order valence-electron chi connectivity index (χ1n) is 11.2. The molecule has 0 unspecified atom stereocenters. The number of benzene rings is 2. The van der Waals surface area contributed by atoms with Crippen LogP contribution < -0.4 is 14.8 Å². The van der Waals surface area contributed by atoms with Crippen LogP contribution >= 0.6 is 0 Å². The Bertz CT molecular complexity index is 882. The van der Waals surface area contributed by atoms with Crippen LogP contribution in [0.15, 0.2) is 42.5 Å². The predicted molar refractivity (Wildman–Crippen MR) is 116 cm³/mol. The molecule has 2 fully saturated rings. The third kappa shape index (κ3) is 4.23. The van der Waals surface area contributed by atoms with Crippen molar-refractivity contribution in [2.24, 2.45) is 5.92 Å². The Morgan fingerprint density at radius 2 is 1.60 bits per heavy atom. The van der Waals surface area contributed by atoms with Gasteiger partial charge >= 0.3 is 0 Å². The maximum atomic E-state index is 13.0. The summed E-state index contributed by atoms with van der Waals surface area (Å²) in [6.45, 7) is 4.67. The van der Waals surface area contributed by atoms with Crippen molar-refractivity contribution in [3.8, 4) is 11.5 Å². The molecular formula is C25H30N2O3. The highest BCUT2D eigenvalue weighted by atomic mass is 16.7. The molecule has 5 rings (SSSR count). The summed E-state index contributed by atoms with van der Waals surface area (Å²) in [5.74, 6) is 2.11. The minimum atomic E-state index is 0.169. The van der Waals surface area contributed by atoms with E-state index < -0.39 is 0 Å². The lowest BCUT2D eigenvalue weighted by Gasteiger charge is -2.39. The number of rotatable bonds is 5. The number of likely N-dealkylation sites (tertiary alicyclic amines) is 1. The van der Waals surface area contributed by atoms with Crippen molar-refractivity contribution < 1.29 is 14.3 Å². The highest BCUT2D eigenvalue weighted by molar-refractivity contribution is 5.97. The van der Waals surface area contributed by atoms with E-state index >= 15 is 0 Å². The molecule has 30 heavy (non-hydrogen) atoms. The van der Waals surface area contributed by atoms with Crippen LogP contribution in [0.25, 0.3) is 0 Å². The van der Waals surface area contributed by atoms with E-state index in [0.29, 0.717) is 18.6 Å². The van der Waals surface area contributed by atoms with Crippen LogP contribution in [0.1, 0.15) is 47.2 Å². The van der Waals surface area contributed by atoms with Crippen molar-refractivity contribution in [1.29, 1.82) is 0 Å². The van der Waals surface area contributed by atoms with Crippen molar-refractivity contribution in [3.63, 3.8) is 0 Å². The number of ether oxygens (including phenoxy) is 2. The zero-order valence-electron chi connectivity index (χ0n) is 17.4. The number of carbonyl (C=O) groups excluding carboxylic acids is 1. The van der Waals surface area contributed by atoms with Gasteiger partial charge in [0.05, 0.1) is 0 Å². The molecule has 3 aliphatic rings. The van der Waals surface area contributed by atoms with Crippen LogP contribution in [0.3, 0.4) is 0 Å². The van der Waals surface area contributed by atoms with Crippen molar-refractivity contribution >= 4 is 5.78 Å². The first-order valence-corrected chi connectivity index (χ1v) is 11.2. The summed E-state index contributed by atoms with van der Waals surface area (Å²) in [6.07, 6.45) is 5.27. The van der Waals surface area contributed by atoms with Gasteiger partial charge in [-0.05, 0) is 81.5 Å². The maximum Gasteiger partial charge on any atom is 0.231 e. The van der Waals surface area contributed by atoms with E-state index in [4.69, 9.17) is 9.47 Å². The van der Waals surface area contributed by atoms with E-state index in [1.165, 1.54) is 24.0 Å². The zero-order valence-corrected chi connectivity index (χ0v) is 17.4. The van der Waals surface area contributed by atoms with Gasteiger partial charge in [0.1, 0.15) is 0 Å². The molecule has 3 heterocycles. The fraction of sp³-hybridized carbons (Fsp3) is 0.480. The van der Waals surface area contributed by atoms with Gasteiger partial charge in [0.25, 0.3) is 0 Å². The predicted octanol–water partition coefficient (Wildman–Crippen LogP) is 3.65. The Kier molecular flexibility index (Phi) is 5.73. The summed E-state index contributed by atoms with van der Waals surface area (Å²) in [6, 6.07) is 15.0. The number of nitrogens with zero attached hydrogens (tertiary/aromatic N) is 1. The highest BCUT2D eigenvalue weighted by Crippen LogP contribution is 2.33. The number of hydrogen-bond acceptors (Lipinski definition) is 5. The van der Waals surface area contributed by atoms with Crippen molar-refractivity contribution in [1.82, 2.24) is 10.2 Å². The number of hydrogen-bond donors (Lipinski definition) is 1. The summed E-state index contributed by atoms with van der Waals surface area (Å²) < 4.78 is 10.8. The number of Topliss-reactive ketones (excluding diaryl/α,β-unsaturated/α-hetero) is 1. The average molecular weight is 407 g/mol. The second-order valence-electron chi connectivity index (χ2n) is 8.72. The van der Waals surface area contributed by atoms with Gasteiger partial charge in [0.2, 0.25) is 6.79 Å². The molecule has 0 bridgehead atoms. The first kappa shape index (κ1) is 19.6. The molecule has 0 spiro atoms. The first-order chi connectivity index (χ1) is 14.8. The molecule has 3 aliphatic heterocycles. The molecule has 0 amide bonds. The quantitative estimate of drug-likeness (QED) is 0.768. The van der Waals surface area contributed by atoms with Crippen molar-refractivity contribution in [3.05, 3.63) is 59.2 Å². The summed E-state index contributed by atoms with van der Waals surface area (Å²) in [5, 5.41) is 3.44. The second kappa shape index (κ2) is 8.78. The van der Waals surface area contributed by atoms with Crippen molar-refractivity contribution in [2.75, 3.05) is 33.0 Å². The molecule has 1 N–H and O–H groups in total. The number of piperidine rings is 2. The lowest BCUT2D eigenvalue weighted by molar-refractivity contribution is 0.0756. The van der Waals surface area contributed by atoms with Crippen LogP contribution in [-0.4, -0.2) is 49.7 Å². The van der Waals surface area contributed by atoms with Crippen molar-refractivity contribution in [2.45, 2.75) is 38.1 Å². The number of fused-ring (bicyclic) bond motifs is 1. The third-order valence-corrected chi connectivity index (χ3v) is 6.81. The van der Waals surface area contributed by atoms with E-state index in [1.807, 2.05) is 24.3 Å². The SMILES string of the molecule is O=C(c1ccc(Cc2ccc3c(c2)OCO3)cc1)C1CCN(C2CCNCC2)CC1. The molecule has 0 aromatic heterocycles. The number of nitrogens with one attached hydrogen (secondary N) is 1. The lowest BCUT2D eigenvalue weighted by Crippen LogP contribution is -2.47. The van der Waals surface area contributed by atoms with Gasteiger partial charge in [-0.2, -0.15) is 0 Å². The number of carbonyl (C=O) groups is 1. The smallest absolute Gasteiger partial charge is 0.231 e. The van der Waals surface area contributed by atoms with Gasteiger partial charge in [-0.15, -0.1) is 0 Å². The maximum absolute atomic E-state index is 13.0. The largest absolute Gasteiger partial charge is 0.454 e. The van der Waals surface area contributed by atoms with E-state index in [-0.39, 0.29) is 5.92 Å². The summed E-state index contributed by atoms with van der Waals surface area (Å²) in [4.78, 5) is 15.6. The second-order valence-corrected chi connectivity index (χ2v) is 8.72. The standard InChI is InChI=1S/C25H30N2O3/c28-25(21-9-13-27(14-10-21)22-7-11-26-12-8-22)20-4-1-18(2-5-20)15-19-3-6-23-24(16-19)30-17-29-23/h1-6,16,21-22,26H,7-15,17H2. The summed E-state index contributed by atoms with van der Waals surface area (Å²) >= 11 is 0.